The molecule has 0 unspecified atom stereocenters. The number of nitrogens with one attached hydrogen (secondary N) is 1. The summed E-state index contributed by atoms with van der Waals surface area (Å²) in [5, 5.41) is 15.0. The number of benzene rings is 1. The van der Waals surface area contributed by atoms with E-state index in [0.29, 0.717) is 0 Å². The third-order valence-corrected chi connectivity index (χ3v) is 3.28. The van der Waals surface area contributed by atoms with Gasteiger partial charge in [-0.15, -0.1) is 0 Å². The summed E-state index contributed by atoms with van der Waals surface area (Å²) < 4.78 is 0. The van der Waals surface area contributed by atoms with Crippen molar-refractivity contribution >= 4 is 5.84 Å². The van der Waals surface area contributed by atoms with Crippen LogP contribution in [0.3, 0.4) is 0 Å². The van der Waals surface area contributed by atoms with E-state index in [1.54, 1.807) is 0 Å². The van der Waals surface area contributed by atoms with Gasteiger partial charge in [0.2, 0.25) is 0 Å². The van der Waals surface area contributed by atoms with E-state index in [1.807, 2.05) is 24.3 Å². The van der Waals surface area contributed by atoms with Crippen LogP contribution >= 0.6 is 0 Å². The second-order valence-corrected chi connectivity index (χ2v) is 4.79. The molecule has 0 radical (unpaired) electrons. The number of rotatable bonds is 9. The summed E-state index contributed by atoms with van der Waals surface area (Å²) in [6.45, 7) is 9.56. The van der Waals surface area contributed by atoms with Crippen molar-refractivity contribution in [3.8, 4) is 0 Å². The molecule has 4 N–H and O–H groups in total. The van der Waals surface area contributed by atoms with Crippen molar-refractivity contribution < 1.29 is 5.21 Å². The van der Waals surface area contributed by atoms with Gasteiger partial charge in [0.25, 0.3) is 0 Å². The maximum absolute atomic E-state index is 8.60. The first-order valence-electron chi connectivity index (χ1n) is 7.21. The maximum atomic E-state index is 8.60. The number of nitrogens with two attached hydrogens (primary N) is 1. The molecule has 0 fully saturated rings. The molecule has 5 heteroatoms. The van der Waals surface area contributed by atoms with Crippen LogP contribution in [0, 0.1) is 0 Å². The van der Waals surface area contributed by atoms with Crippen molar-refractivity contribution in [1.82, 2.24) is 10.2 Å². The van der Waals surface area contributed by atoms with Crippen LogP contribution in [0.2, 0.25) is 0 Å². The Hall–Kier alpha value is -1.59. The summed E-state index contributed by atoms with van der Waals surface area (Å²) in [5.41, 5.74) is 7.45. The van der Waals surface area contributed by atoms with Crippen molar-refractivity contribution in [3.05, 3.63) is 35.4 Å². The average molecular weight is 278 g/mol. The molecule has 0 aliphatic rings. The van der Waals surface area contributed by atoms with Gasteiger partial charge in [-0.1, -0.05) is 43.3 Å². The largest absolute Gasteiger partial charge is 0.409 e. The molecule has 0 aliphatic carbocycles. The van der Waals surface area contributed by atoms with Gasteiger partial charge in [0.05, 0.1) is 0 Å². The first kappa shape index (κ1) is 16.5. The van der Waals surface area contributed by atoms with E-state index in [1.165, 1.54) is 12.0 Å². The summed E-state index contributed by atoms with van der Waals surface area (Å²) in [5.74, 6) is 0.141. The molecule has 1 aromatic rings. The predicted octanol–water partition coefficient (Wildman–Crippen LogP) is 1.60. The molecule has 0 saturated heterocycles. The van der Waals surface area contributed by atoms with Crippen LogP contribution < -0.4 is 11.1 Å². The SMILES string of the molecule is CCCN(CC)CCNCc1ccc(/C(N)=N/O)cc1. The van der Waals surface area contributed by atoms with Gasteiger partial charge in [-0.3, -0.25) is 0 Å². The van der Waals surface area contributed by atoms with E-state index in [-0.39, 0.29) is 5.84 Å². The van der Waals surface area contributed by atoms with Gasteiger partial charge in [0, 0.05) is 25.2 Å². The molecule has 0 saturated carbocycles. The van der Waals surface area contributed by atoms with Gasteiger partial charge in [-0.25, -0.2) is 0 Å². The molecule has 0 aliphatic heterocycles. The Labute approximate surface area is 121 Å². The maximum Gasteiger partial charge on any atom is 0.170 e. The molecule has 0 bridgehead atoms. The normalized spacial score (nSPS) is 12.1. The monoisotopic (exact) mass is 278 g/mol. The van der Waals surface area contributed by atoms with Crippen LogP contribution in [-0.4, -0.2) is 42.1 Å². The Morgan fingerprint density at radius 2 is 1.95 bits per heavy atom. The molecule has 0 aromatic heterocycles. The van der Waals surface area contributed by atoms with E-state index >= 15 is 0 Å². The average Bonchev–Trinajstić information content (AvgIpc) is 2.50. The fourth-order valence-corrected chi connectivity index (χ4v) is 2.07. The fraction of sp³-hybridized carbons (Fsp3) is 0.533. The molecule has 1 rings (SSSR count). The first-order chi connectivity index (χ1) is 9.71. The predicted molar refractivity (Wildman–Crippen MR) is 83.1 cm³/mol. The van der Waals surface area contributed by atoms with Crippen LogP contribution in [0.4, 0.5) is 0 Å². The minimum atomic E-state index is 0.141. The highest BCUT2D eigenvalue weighted by Gasteiger charge is 2.01. The van der Waals surface area contributed by atoms with Gasteiger partial charge in [-0.2, -0.15) is 0 Å². The summed E-state index contributed by atoms with van der Waals surface area (Å²) in [6, 6.07) is 7.71. The molecule has 0 heterocycles. The Kier molecular flexibility index (Phi) is 7.69. The van der Waals surface area contributed by atoms with Gasteiger partial charge >= 0.3 is 0 Å². The van der Waals surface area contributed by atoms with E-state index in [0.717, 1.165) is 38.3 Å². The van der Waals surface area contributed by atoms with E-state index in [4.69, 9.17) is 10.9 Å². The number of amidine groups is 1. The zero-order valence-electron chi connectivity index (χ0n) is 12.5. The van der Waals surface area contributed by atoms with Crippen molar-refractivity contribution in [1.29, 1.82) is 0 Å². The fourth-order valence-electron chi connectivity index (χ4n) is 2.07. The van der Waals surface area contributed by atoms with Crippen LogP contribution in [-0.2, 0) is 6.54 Å². The summed E-state index contributed by atoms with van der Waals surface area (Å²) in [7, 11) is 0. The number of hydrogen-bond donors (Lipinski definition) is 3. The number of nitrogens with zero attached hydrogens (tertiary/aromatic N) is 2. The number of oxime groups is 1. The molecule has 20 heavy (non-hydrogen) atoms. The molecule has 5 nitrogen and oxygen atoms in total. The lowest BCUT2D eigenvalue weighted by atomic mass is 10.1. The quantitative estimate of drug-likeness (QED) is 0.211. The molecular formula is C15H26N4O. The minimum Gasteiger partial charge on any atom is -0.409 e. The topological polar surface area (TPSA) is 73.9 Å². The number of likely N-dealkylation sites (N-methyl/N-ethyl adjacent to an activating group) is 1. The number of hydrogen-bond acceptors (Lipinski definition) is 4. The van der Waals surface area contributed by atoms with Crippen LogP contribution in [0.15, 0.2) is 29.4 Å². The van der Waals surface area contributed by atoms with Crippen molar-refractivity contribution in [2.24, 2.45) is 10.9 Å². The van der Waals surface area contributed by atoms with Crippen molar-refractivity contribution in [2.45, 2.75) is 26.8 Å². The van der Waals surface area contributed by atoms with Gasteiger partial charge in [0.15, 0.2) is 5.84 Å². The Morgan fingerprint density at radius 3 is 2.50 bits per heavy atom. The van der Waals surface area contributed by atoms with Gasteiger partial charge < -0.3 is 21.2 Å². The lowest BCUT2D eigenvalue weighted by Crippen LogP contribution is -2.32. The Morgan fingerprint density at radius 1 is 1.25 bits per heavy atom. The second kappa shape index (κ2) is 9.34. The van der Waals surface area contributed by atoms with Crippen LogP contribution in [0.1, 0.15) is 31.4 Å². The molecule has 0 spiro atoms. The summed E-state index contributed by atoms with van der Waals surface area (Å²) in [6.07, 6.45) is 1.20. The molecule has 112 valence electrons. The molecular weight excluding hydrogens is 252 g/mol. The Balaban J connectivity index is 2.32. The third kappa shape index (κ3) is 5.59. The first-order valence-corrected chi connectivity index (χ1v) is 7.21. The van der Waals surface area contributed by atoms with Gasteiger partial charge in [0.1, 0.15) is 0 Å². The van der Waals surface area contributed by atoms with Crippen LogP contribution in [0.5, 0.6) is 0 Å². The van der Waals surface area contributed by atoms with E-state index in [9.17, 15) is 0 Å². The molecule has 0 amide bonds. The summed E-state index contributed by atoms with van der Waals surface area (Å²) in [4.78, 5) is 2.44. The van der Waals surface area contributed by atoms with Gasteiger partial charge in [-0.05, 0) is 25.1 Å². The zero-order valence-corrected chi connectivity index (χ0v) is 12.5. The highest BCUT2D eigenvalue weighted by molar-refractivity contribution is 5.96. The van der Waals surface area contributed by atoms with Crippen molar-refractivity contribution in [3.63, 3.8) is 0 Å². The lowest BCUT2D eigenvalue weighted by molar-refractivity contribution is 0.287. The zero-order chi connectivity index (χ0) is 14.8. The third-order valence-electron chi connectivity index (χ3n) is 3.28. The highest BCUT2D eigenvalue weighted by Crippen LogP contribution is 2.04. The lowest BCUT2D eigenvalue weighted by Gasteiger charge is -2.19. The standard InChI is InChI=1S/C15H26N4O/c1-3-10-19(4-2)11-9-17-12-13-5-7-14(8-6-13)15(16)18-20/h5-8,17,20H,3-4,9-12H2,1-2H3,(H2,16,18). The summed E-state index contributed by atoms with van der Waals surface area (Å²) >= 11 is 0. The highest BCUT2D eigenvalue weighted by atomic mass is 16.4. The molecule has 0 atom stereocenters. The van der Waals surface area contributed by atoms with E-state index in [2.05, 4.69) is 29.2 Å². The Bertz CT molecular complexity index is 403. The molecule has 1 aromatic carbocycles. The van der Waals surface area contributed by atoms with E-state index < -0.39 is 0 Å². The second-order valence-electron chi connectivity index (χ2n) is 4.79. The van der Waals surface area contributed by atoms with Crippen molar-refractivity contribution in [2.75, 3.05) is 26.2 Å². The van der Waals surface area contributed by atoms with Crippen LogP contribution in [0.25, 0.3) is 0 Å². The smallest absolute Gasteiger partial charge is 0.170 e. The minimum absolute atomic E-state index is 0.141.